The molecule has 2 amide bonds. The second-order valence-electron chi connectivity index (χ2n) is 6.21. The van der Waals surface area contributed by atoms with Crippen LogP contribution in [-0.2, 0) is 9.59 Å². The summed E-state index contributed by atoms with van der Waals surface area (Å²) in [6, 6.07) is 0.196. The number of nitrogens with one attached hydrogen (secondary N) is 2. The SMILES string of the molecule is CCCCCNC(=O)C1CCC(C(=O)NC(C)C)CC1. The van der Waals surface area contributed by atoms with E-state index in [2.05, 4.69) is 17.6 Å². The van der Waals surface area contributed by atoms with E-state index >= 15 is 0 Å². The van der Waals surface area contributed by atoms with Crippen molar-refractivity contribution in [1.29, 1.82) is 0 Å². The fourth-order valence-corrected chi connectivity index (χ4v) is 2.75. The molecule has 0 bridgehead atoms. The Balaban J connectivity index is 2.24. The number of unbranched alkanes of at least 4 members (excludes halogenated alkanes) is 2. The van der Waals surface area contributed by atoms with Gasteiger partial charge in [0.1, 0.15) is 0 Å². The predicted molar refractivity (Wildman–Crippen MR) is 81.3 cm³/mol. The normalized spacial score (nSPS) is 22.6. The standard InChI is InChI=1S/C16H30N2O2/c1-4-5-6-11-17-15(19)13-7-9-14(10-8-13)16(20)18-12(2)3/h12-14H,4-11H2,1-3H3,(H,17,19)(H,18,20). The molecule has 0 radical (unpaired) electrons. The summed E-state index contributed by atoms with van der Waals surface area (Å²) in [6.07, 6.45) is 6.77. The van der Waals surface area contributed by atoms with Crippen LogP contribution >= 0.6 is 0 Å². The lowest BCUT2D eigenvalue weighted by Crippen LogP contribution is -2.39. The van der Waals surface area contributed by atoms with Crippen LogP contribution in [0.15, 0.2) is 0 Å². The van der Waals surface area contributed by atoms with Gasteiger partial charge in [-0.3, -0.25) is 9.59 Å². The van der Waals surface area contributed by atoms with Crippen molar-refractivity contribution in [1.82, 2.24) is 10.6 Å². The summed E-state index contributed by atoms with van der Waals surface area (Å²) in [7, 11) is 0. The molecule has 0 aromatic carbocycles. The Morgan fingerprint density at radius 1 is 1.00 bits per heavy atom. The van der Waals surface area contributed by atoms with Gasteiger partial charge in [0.05, 0.1) is 0 Å². The van der Waals surface area contributed by atoms with Gasteiger partial charge >= 0.3 is 0 Å². The number of hydrogen-bond donors (Lipinski definition) is 2. The molecule has 0 aliphatic heterocycles. The lowest BCUT2D eigenvalue weighted by Gasteiger charge is -2.27. The van der Waals surface area contributed by atoms with Crippen molar-refractivity contribution in [3.8, 4) is 0 Å². The van der Waals surface area contributed by atoms with Gasteiger partial charge in [0, 0.05) is 24.4 Å². The molecule has 0 spiro atoms. The zero-order chi connectivity index (χ0) is 15.0. The lowest BCUT2D eigenvalue weighted by atomic mass is 9.81. The maximum absolute atomic E-state index is 12.0. The zero-order valence-corrected chi connectivity index (χ0v) is 13.2. The third kappa shape index (κ3) is 5.93. The molecule has 0 aromatic heterocycles. The van der Waals surface area contributed by atoms with E-state index in [1.807, 2.05) is 13.8 Å². The van der Waals surface area contributed by atoms with Gasteiger partial charge in [-0.2, -0.15) is 0 Å². The average Bonchev–Trinajstić information content (AvgIpc) is 2.43. The molecule has 0 heterocycles. The molecule has 2 N–H and O–H groups in total. The van der Waals surface area contributed by atoms with Crippen molar-refractivity contribution in [2.24, 2.45) is 11.8 Å². The Kier molecular flexibility index (Phi) is 7.63. The molecule has 1 saturated carbocycles. The van der Waals surface area contributed by atoms with Gasteiger partial charge in [0.15, 0.2) is 0 Å². The first kappa shape index (κ1) is 17.0. The van der Waals surface area contributed by atoms with Crippen LogP contribution in [0.2, 0.25) is 0 Å². The third-order valence-electron chi connectivity index (χ3n) is 3.98. The largest absolute Gasteiger partial charge is 0.356 e. The van der Waals surface area contributed by atoms with Crippen molar-refractivity contribution >= 4 is 11.8 Å². The summed E-state index contributed by atoms with van der Waals surface area (Å²) in [5.41, 5.74) is 0. The minimum atomic E-state index is 0.0986. The third-order valence-corrected chi connectivity index (χ3v) is 3.98. The van der Waals surface area contributed by atoms with E-state index in [0.717, 1.165) is 38.6 Å². The number of amides is 2. The van der Waals surface area contributed by atoms with Crippen molar-refractivity contribution in [2.75, 3.05) is 6.54 Å². The van der Waals surface area contributed by atoms with Crippen LogP contribution < -0.4 is 10.6 Å². The predicted octanol–water partition coefficient (Wildman–Crippen LogP) is 2.62. The minimum Gasteiger partial charge on any atom is -0.356 e. The van der Waals surface area contributed by atoms with Crippen LogP contribution in [0.3, 0.4) is 0 Å². The number of rotatable bonds is 7. The smallest absolute Gasteiger partial charge is 0.223 e. The van der Waals surface area contributed by atoms with Gasteiger partial charge in [-0.25, -0.2) is 0 Å². The second-order valence-corrected chi connectivity index (χ2v) is 6.21. The summed E-state index contributed by atoms with van der Waals surface area (Å²) in [5.74, 6) is 0.548. The van der Waals surface area contributed by atoms with Crippen LogP contribution in [0, 0.1) is 11.8 Å². The Labute approximate surface area is 123 Å². The van der Waals surface area contributed by atoms with Gasteiger partial charge in [-0.1, -0.05) is 19.8 Å². The van der Waals surface area contributed by atoms with Crippen LogP contribution in [0.25, 0.3) is 0 Å². The van der Waals surface area contributed by atoms with E-state index in [4.69, 9.17) is 0 Å². The molecule has 0 saturated heterocycles. The van der Waals surface area contributed by atoms with Crippen molar-refractivity contribution < 1.29 is 9.59 Å². The number of carbonyl (C=O) groups is 2. The first-order chi connectivity index (χ1) is 9.54. The van der Waals surface area contributed by atoms with E-state index in [1.54, 1.807) is 0 Å². The molecular weight excluding hydrogens is 252 g/mol. The molecule has 4 nitrogen and oxygen atoms in total. The molecule has 1 aliphatic rings. The zero-order valence-electron chi connectivity index (χ0n) is 13.2. The van der Waals surface area contributed by atoms with Gasteiger partial charge in [-0.05, 0) is 46.0 Å². The average molecular weight is 282 g/mol. The highest BCUT2D eigenvalue weighted by Gasteiger charge is 2.29. The Hall–Kier alpha value is -1.06. The van der Waals surface area contributed by atoms with Crippen molar-refractivity contribution in [3.63, 3.8) is 0 Å². The molecule has 1 rings (SSSR count). The Morgan fingerprint density at radius 2 is 1.55 bits per heavy atom. The lowest BCUT2D eigenvalue weighted by molar-refractivity contribution is -0.130. The van der Waals surface area contributed by atoms with E-state index in [-0.39, 0.29) is 29.7 Å². The Morgan fingerprint density at radius 3 is 2.05 bits per heavy atom. The number of hydrogen-bond acceptors (Lipinski definition) is 2. The molecule has 116 valence electrons. The highest BCUT2D eigenvalue weighted by atomic mass is 16.2. The molecule has 4 heteroatoms. The van der Waals surface area contributed by atoms with Crippen LogP contribution in [0.1, 0.15) is 65.7 Å². The van der Waals surface area contributed by atoms with E-state index in [9.17, 15) is 9.59 Å². The molecular formula is C16H30N2O2. The quantitative estimate of drug-likeness (QED) is 0.705. The van der Waals surface area contributed by atoms with E-state index < -0.39 is 0 Å². The topological polar surface area (TPSA) is 58.2 Å². The fraction of sp³-hybridized carbons (Fsp3) is 0.875. The Bertz CT molecular complexity index is 308. The summed E-state index contributed by atoms with van der Waals surface area (Å²) in [5, 5.41) is 5.99. The van der Waals surface area contributed by atoms with E-state index in [0.29, 0.717) is 0 Å². The molecule has 0 atom stereocenters. The molecule has 1 fully saturated rings. The molecule has 20 heavy (non-hydrogen) atoms. The second kappa shape index (κ2) is 8.98. The summed E-state index contributed by atoms with van der Waals surface area (Å²) in [6.45, 7) is 6.91. The summed E-state index contributed by atoms with van der Waals surface area (Å²) in [4.78, 5) is 23.9. The monoisotopic (exact) mass is 282 g/mol. The maximum Gasteiger partial charge on any atom is 0.223 e. The maximum atomic E-state index is 12.0. The minimum absolute atomic E-state index is 0.0986. The molecule has 1 aliphatic carbocycles. The summed E-state index contributed by atoms with van der Waals surface area (Å²) < 4.78 is 0. The fourth-order valence-electron chi connectivity index (χ4n) is 2.75. The van der Waals surface area contributed by atoms with Crippen molar-refractivity contribution in [2.45, 2.75) is 71.8 Å². The number of carbonyl (C=O) groups excluding carboxylic acids is 2. The highest BCUT2D eigenvalue weighted by Crippen LogP contribution is 2.29. The molecule has 0 unspecified atom stereocenters. The van der Waals surface area contributed by atoms with Crippen LogP contribution in [0.5, 0.6) is 0 Å². The van der Waals surface area contributed by atoms with E-state index in [1.165, 1.54) is 12.8 Å². The highest BCUT2D eigenvalue weighted by molar-refractivity contribution is 5.81. The first-order valence-electron chi connectivity index (χ1n) is 8.12. The van der Waals surface area contributed by atoms with Crippen molar-refractivity contribution in [3.05, 3.63) is 0 Å². The van der Waals surface area contributed by atoms with Gasteiger partial charge < -0.3 is 10.6 Å². The van der Waals surface area contributed by atoms with Gasteiger partial charge in [0.2, 0.25) is 11.8 Å². The van der Waals surface area contributed by atoms with Crippen LogP contribution in [0.4, 0.5) is 0 Å². The first-order valence-corrected chi connectivity index (χ1v) is 8.12. The van der Waals surface area contributed by atoms with Gasteiger partial charge in [-0.15, -0.1) is 0 Å². The van der Waals surface area contributed by atoms with Gasteiger partial charge in [0.25, 0.3) is 0 Å². The van der Waals surface area contributed by atoms with Crippen LogP contribution in [-0.4, -0.2) is 24.4 Å². The molecule has 0 aromatic rings. The summed E-state index contributed by atoms with van der Waals surface area (Å²) >= 11 is 0.